The molecular weight excluding hydrogens is 420 g/mol. The van der Waals surface area contributed by atoms with Gasteiger partial charge in [-0.05, 0) is 24.3 Å². The van der Waals surface area contributed by atoms with Crippen LogP contribution in [0.1, 0.15) is 27.2 Å². The minimum atomic E-state index is -2.90. The average molecular weight is 456 g/mol. The fourth-order valence-corrected chi connectivity index (χ4v) is 3.53. The molecule has 8 nitrogen and oxygen atoms in total. The monoisotopic (exact) mass is 455 g/mol. The predicted octanol–water partition coefficient (Wildman–Crippen LogP) is 1.89. The van der Waals surface area contributed by atoms with Gasteiger partial charge in [-0.2, -0.15) is 0 Å². The Bertz CT molecular complexity index is 730. The second-order valence-corrected chi connectivity index (χ2v) is 7.83. The number of hydrogen-bond acceptors (Lipinski definition) is 6. The van der Waals surface area contributed by atoms with Crippen molar-refractivity contribution in [3.8, 4) is 0 Å². The normalized spacial score (nSPS) is 19.8. The molecule has 3 saturated heterocycles. The minimum absolute atomic E-state index is 0.201. The van der Waals surface area contributed by atoms with Gasteiger partial charge in [0.15, 0.2) is 0 Å². The van der Waals surface area contributed by atoms with E-state index in [-0.39, 0.29) is 11.9 Å². The first kappa shape index (κ1) is 26.0. The van der Waals surface area contributed by atoms with E-state index in [0.717, 1.165) is 51.0 Å². The summed E-state index contributed by atoms with van der Waals surface area (Å²) in [7, 11) is 0. The topological polar surface area (TPSA) is 88.2 Å². The van der Waals surface area contributed by atoms with Crippen LogP contribution in [0.25, 0.3) is 0 Å². The van der Waals surface area contributed by atoms with Crippen LogP contribution in [-0.4, -0.2) is 86.3 Å². The number of carbonyl (C=O) groups is 2. The van der Waals surface area contributed by atoms with Crippen molar-refractivity contribution in [3.05, 3.63) is 24.3 Å². The molecule has 0 bridgehead atoms. The first-order valence-electron chi connectivity index (χ1n) is 11.2. The smallest absolute Gasteiger partial charge is 0.328 e. The Morgan fingerprint density at radius 2 is 1.53 bits per heavy atom. The number of amides is 3. The van der Waals surface area contributed by atoms with Gasteiger partial charge in [0.25, 0.3) is 5.92 Å². The molecule has 0 atom stereocenters. The summed E-state index contributed by atoms with van der Waals surface area (Å²) in [5.41, 5.74) is 2.03. The Morgan fingerprint density at radius 3 is 1.97 bits per heavy atom. The van der Waals surface area contributed by atoms with E-state index in [2.05, 4.69) is 32.6 Å². The zero-order chi connectivity index (χ0) is 23.7. The van der Waals surface area contributed by atoms with E-state index in [1.54, 1.807) is 4.90 Å². The quantitative estimate of drug-likeness (QED) is 0.643. The standard InChI is InChI=1S/C17H23N5O2.C3H6F2O.C2H6/c23-16-5-6-22(17(24)19-16)14-3-1-13(2-4-14)20-7-9-21(10-8-20)15-11-18-12-15;1-3(4,5)2-6;1-2/h1-4,15,18H,5-12H2,(H,19,23,24);6H,2H2,1H3;1-2H3. The molecule has 0 spiro atoms. The maximum Gasteiger partial charge on any atom is 0.328 e. The molecule has 3 aliphatic heterocycles. The molecule has 1 aromatic carbocycles. The number of urea groups is 1. The highest BCUT2D eigenvalue weighted by molar-refractivity contribution is 6.05. The average Bonchev–Trinajstić information content (AvgIpc) is 2.75. The van der Waals surface area contributed by atoms with E-state index in [1.807, 2.05) is 26.0 Å². The molecule has 32 heavy (non-hydrogen) atoms. The van der Waals surface area contributed by atoms with Crippen molar-refractivity contribution < 1.29 is 23.5 Å². The van der Waals surface area contributed by atoms with E-state index in [0.29, 0.717) is 19.9 Å². The molecule has 4 rings (SSSR count). The fourth-order valence-electron chi connectivity index (χ4n) is 3.53. The van der Waals surface area contributed by atoms with E-state index in [4.69, 9.17) is 5.11 Å². The maximum atomic E-state index is 11.9. The van der Waals surface area contributed by atoms with E-state index < -0.39 is 12.5 Å². The summed E-state index contributed by atoms with van der Waals surface area (Å²) >= 11 is 0. The molecule has 3 heterocycles. The molecule has 3 fully saturated rings. The highest BCUT2D eigenvalue weighted by Crippen LogP contribution is 2.23. The number of aliphatic hydroxyl groups excluding tert-OH is 1. The summed E-state index contributed by atoms with van der Waals surface area (Å²) in [6.07, 6.45) is 0.353. The van der Waals surface area contributed by atoms with Gasteiger partial charge >= 0.3 is 6.03 Å². The Kier molecular flexibility index (Phi) is 9.80. The van der Waals surface area contributed by atoms with Crippen LogP contribution in [0.2, 0.25) is 0 Å². The van der Waals surface area contributed by atoms with Crippen LogP contribution in [0, 0.1) is 0 Å². The van der Waals surface area contributed by atoms with Crippen molar-refractivity contribution in [2.75, 3.05) is 62.2 Å². The molecule has 0 saturated carbocycles. The SMILES string of the molecule is CC.CC(F)(F)CO.O=C1CCN(c2ccc(N3CCN(C4CNC4)CC3)cc2)C(=O)N1. The van der Waals surface area contributed by atoms with Crippen molar-refractivity contribution in [3.63, 3.8) is 0 Å². The lowest BCUT2D eigenvalue weighted by molar-refractivity contribution is -0.120. The zero-order valence-electron chi connectivity index (χ0n) is 19.1. The maximum absolute atomic E-state index is 11.9. The Labute approximate surface area is 188 Å². The van der Waals surface area contributed by atoms with Crippen LogP contribution >= 0.6 is 0 Å². The number of imide groups is 1. The number of benzene rings is 1. The third-order valence-corrected chi connectivity index (χ3v) is 5.45. The lowest BCUT2D eigenvalue weighted by Gasteiger charge is -2.44. The van der Waals surface area contributed by atoms with Gasteiger partial charge in [-0.25, -0.2) is 13.6 Å². The summed E-state index contributed by atoms with van der Waals surface area (Å²) in [4.78, 5) is 29.7. The lowest BCUT2D eigenvalue weighted by atomic mass is 10.1. The van der Waals surface area contributed by atoms with Gasteiger partial charge in [0.2, 0.25) is 5.91 Å². The summed E-state index contributed by atoms with van der Waals surface area (Å²) in [5.74, 6) is -3.10. The highest BCUT2D eigenvalue weighted by Gasteiger charge is 2.28. The minimum Gasteiger partial charge on any atom is -0.390 e. The summed E-state index contributed by atoms with van der Waals surface area (Å²) in [5, 5.41) is 13.3. The number of nitrogens with one attached hydrogen (secondary N) is 2. The van der Waals surface area contributed by atoms with Gasteiger partial charge in [-0.15, -0.1) is 0 Å². The molecule has 0 aliphatic carbocycles. The molecule has 0 radical (unpaired) electrons. The molecule has 180 valence electrons. The third-order valence-electron chi connectivity index (χ3n) is 5.45. The predicted molar refractivity (Wildman–Crippen MR) is 121 cm³/mol. The van der Waals surface area contributed by atoms with E-state index in [9.17, 15) is 18.4 Å². The van der Waals surface area contributed by atoms with E-state index in [1.165, 1.54) is 5.69 Å². The number of hydrogen-bond donors (Lipinski definition) is 3. The Hall–Kier alpha value is -2.30. The van der Waals surface area contributed by atoms with Crippen LogP contribution in [-0.2, 0) is 4.79 Å². The van der Waals surface area contributed by atoms with Gasteiger partial charge in [-0.1, -0.05) is 13.8 Å². The van der Waals surface area contributed by atoms with Crippen molar-refractivity contribution in [2.24, 2.45) is 0 Å². The van der Waals surface area contributed by atoms with Crippen molar-refractivity contribution >= 4 is 23.3 Å². The van der Waals surface area contributed by atoms with Crippen LogP contribution in [0.5, 0.6) is 0 Å². The highest BCUT2D eigenvalue weighted by atomic mass is 19.3. The molecule has 1 aromatic rings. The van der Waals surface area contributed by atoms with Crippen LogP contribution in [0.4, 0.5) is 25.0 Å². The Morgan fingerprint density at radius 1 is 1.00 bits per heavy atom. The number of rotatable bonds is 4. The van der Waals surface area contributed by atoms with Gasteiger partial charge in [0.05, 0.1) is 0 Å². The summed E-state index contributed by atoms with van der Waals surface area (Å²) < 4.78 is 22.4. The number of anilines is 2. The largest absolute Gasteiger partial charge is 0.390 e. The third kappa shape index (κ3) is 7.39. The number of aliphatic hydroxyl groups is 1. The second kappa shape index (κ2) is 12.1. The second-order valence-electron chi connectivity index (χ2n) is 7.83. The van der Waals surface area contributed by atoms with Crippen LogP contribution in [0.15, 0.2) is 24.3 Å². The summed E-state index contributed by atoms with van der Waals surface area (Å²) in [6.45, 7) is 10.6. The first-order chi connectivity index (χ1) is 15.3. The number of nitrogens with zero attached hydrogens (tertiary/aromatic N) is 3. The van der Waals surface area contributed by atoms with Gasteiger partial charge in [0.1, 0.15) is 6.61 Å². The molecular formula is C22H35F2N5O3. The van der Waals surface area contributed by atoms with Crippen molar-refractivity contribution in [1.82, 2.24) is 15.5 Å². The van der Waals surface area contributed by atoms with Crippen molar-refractivity contribution in [1.29, 1.82) is 0 Å². The molecule has 3 amide bonds. The number of halogens is 2. The zero-order valence-corrected chi connectivity index (χ0v) is 19.1. The molecule has 3 N–H and O–H groups in total. The summed E-state index contributed by atoms with van der Waals surface area (Å²) in [6, 6.07) is 8.45. The van der Waals surface area contributed by atoms with Crippen molar-refractivity contribution in [2.45, 2.75) is 39.2 Å². The Balaban J connectivity index is 0.000000396. The molecule has 0 aromatic heterocycles. The lowest BCUT2D eigenvalue weighted by Crippen LogP contribution is -2.61. The van der Waals surface area contributed by atoms with Gasteiger partial charge in [0, 0.05) is 76.6 Å². The molecule has 10 heteroatoms. The van der Waals surface area contributed by atoms with Crippen LogP contribution in [0.3, 0.4) is 0 Å². The molecule has 0 unspecified atom stereocenters. The molecule has 3 aliphatic rings. The first-order valence-corrected chi connectivity index (χ1v) is 11.2. The number of piperazine rings is 1. The van der Waals surface area contributed by atoms with Gasteiger partial charge in [-0.3, -0.25) is 19.9 Å². The van der Waals surface area contributed by atoms with E-state index >= 15 is 0 Å². The number of alkyl halides is 2. The van der Waals surface area contributed by atoms with Crippen LogP contribution < -0.4 is 20.4 Å². The van der Waals surface area contributed by atoms with Gasteiger partial charge < -0.3 is 15.3 Å². The number of carbonyl (C=O) groups excluding carboxylic acids is 2. The fraction of sp³-hybridized carbons (Fsp3) is 0.636.